The van der Waals surface area contributed by atoms with Gasteiger partial charge in [0.25, 0.3) is 0 Å². The maximum atomic E-state index is 13.9. The summed E-state index contributed by atoms with van der Waals surface area (Å²) in [4.78, 5) is 8.92. The lowest BCUT2D eigenvalue weighted by Crippen LogP contribution is -2.51. The summed E-state index contributed by atoms with van der Waals surface area (Å²) in [6.07, 6.45) is 1.60. The van der Waals surface area contributed by atoms with Gasteiger partial charge in [-0.3, -0.25) is 4.90 Å². The van der Waals surface area contributed by atoms with Crippen LogP contribution in [-0.2, 0) is 6.54 Å². The summed E-state index contributed by atoms with van der Waals surface area (Å²) in [5, 5.41) is 8.86. The summed E-state index contributed by atoms with van der Waals surface area (Å²) >= 11 is 0. The molecule has 0 bridgehead atoms. The van der Waals surface area contributed by atoms with Crippen LogP contribution >= 0.6 is 0 Å². The highest BCUT2D eigenvalue weighted by Gasteiger charge is 2.24. The van der Waals surface area contributed by atoms with Crippen LogP contribution in [0.4, 0.5) is 10.2 Å². The number of aromatic nitrogens is 1. The number of hydrogen-bond donors (Lipinski definition) is 0. The van der Waals surface area contributed by atoms with E-state index in [0.29, 0.717) is 18.2 Å². The summed E-state index contributed by atoms with van der Waals surface area (Å²) in [5.41, 5.74) is 1.51. The van der Waals surface area contributed by atoms with Crippen LogP contribution in [0.1, 0.15) is 18.1 Å². The number of ether oxygens (including phenoxy) is 1. The maximum Gasteiger partial charge on any atom is 0.165 e. The number of rotatable bonds is 4. The van der Waals surface area contributed by atoms with E-state index in [4.69, 9.17) is 10.00 Å². The number of anilines is 1. The Morgan fingerprint density at radius 3 is 2.76 bits per heavy atom. The van der Waals surface area contributed by atoms with Crippen molar-refractivity contribution in [1.29, 1.82) is 5.26 Å². The van der Waals surface area contributed by atoms with E-state index in [0.717, 1.165) is 31.0 Å². The summed E-state index contributed by atoms with van der Waals surface area (Å²) in [7, 11) is 1.47. The van der Waals surface area contributed by atoms with E-state index < -0.39 is 0 Å². The standard InChI is InChI=1S/C19H21FN4O/c1-14-12-24(19-6-4-16(10-21)11-22-19)8-7-23(14)13-15-3-5-18(25-2)17(20)9-15/h3-6,9,11,14H,7-8,12-13H2,1-2H3. The number of benzene rings is 1. The van der Waals surface area contributed by atoms with Gasteiger partial charge in [-0.1, -0.05) is 6.07 Å². The minimum Gasteiger partial charge on any atom is -0.494 e. The number of hydrogen-bond acceptors (Lipinski definition) is 5. The number of nitriles is 1. The molecule has 1 atom stereocenters. The Kier molecular flexibility index (Phi) is 5.15. The van der Waals surface area contributed by atoms with Crippen LogP contribution in [0.2, 0.25) is 0 Å². The first kappa shape index (κ1) is 17.2. The van der Waals surface area contributed by atoms with Gasteiger partial charge in [-0.25, -0.2) is 9.37 Å². The molecule has 6 heteroatoms. The average Bonchev–Trinajstić information content (AvgIpc) is 2.63. The van der Waals surface area contributed by atoms with Crippen molar-refractivity contribution in [3.8, 4) is 11.8 Å². The highest BCUT2D eigenvalue weighted by atomic mass is 19.1. The van der Waals surface area contributed by atoms with Crippen molar-refractivity contribution in [2.45, 2.75) is 19.5 Å². The molecule has 1 aliphatic heterocycles. The third-order valence-electron chi connectivity index (χ3n) is 4.57. The van der Waals surface area contributed by atoms with Crippen molar-refractivity contribution in [3.05, 3.63) is 53.5 Å². The first-order valence-corrected chi connectivity index (χ1v) is 8.28. The van der Waals surface area contributed by atoms with Crippen LogP contribution in [0, 0.1) is 17.1 Å². The largest absolute Gasteiger partial charge is 0.494 e. The van der Waals surface area contributed by atoms with Gasteiger partial charge in [0.05, 0.1) is 12.7 Å². The minimum atomic E-state index is -0.326. The minimum absolute atomic E-state index is 0.272. The van der Waals surface area contributed by atoms with Crippen molar-refractivity contribution >= 4 is 5.82 Å². The Balaban J connectivity index is 1.63. The third-order valence-corrected chi connectivity index (χ3v) is 4.57. The van der Waals surface area contributed by atoms with Gasteiger partial charge in [0.15, 0.2) is 11.6 Å². The second-order valence-corrected chi connectivity index (χ2v) is 6.25. The molecule has 5 nitrogen and oxygen atoms in total. The SMILES string of the molecule is COc1ccc(CN2CCN(c3ccc(C#N)cn3)CC2C)cc1F. The van der Waals surface area contributed by atoms with E-state index in [9.17, 15) is 4.39 Å². The molecule has 0 saturated carbocycles. The molecule has 0 N–H and O–H groups in total. The summed E-state index contributed by atoms with van der Waals surface area (Å²) < 4.78 is 18.8. The van der Waals surface area contributed by atoms with Crippen LogP contribution in [-0.4, -0.2) is 42.7 Å². The fourth-order valence-corrected chi connectivity index (χ4v) is 3.12. The molecule has 2 heterocycles. The van der Waals surface area contributed by atoms with Crippen LogP contribution in [0.3, 0.4) is 0 Å². The van der Waals surface area contributed by atoms with E-state index in [1.165, 1.54) is 7.11 Å². The third kappa shape index (κ3) is 3.89. The molecule has 25 heavy (non-hydrogen) atoms. The van der Waals surface area contributed by atoms with Gasteiger partial charge in [0, 0.05) is 38.4 Å². The number of pyridine rings is 1. The van der Waals surface area contributed by atoms with Gasteiger partial charge in [-0.2, -0.15) is 5.26 Å². The second-order valence-electron chi connectivity index (χ2n) is 6.25. The molecule has 1 aromatic heterocycles. The second kappa shape index (κ2) is 7.49. The van der Waals surface area contributed by atoms with E-state index >= 15 is 0 Å². The van der Waals surface area contributed by atoms with Gasteiger partial charge in [0.1, 0.15) is 11.9 Å². The number of halogens is 1. The Bertz CT molecular complexity index is 772. The van der Waals surface area contributed by atoms with Crippen LogP contribution < -0.4 is 9.64 Å². The van der Waals surface area contributed by atoms with Gasteiger partial charge < -0.3 is 9.64 Å². The first-order chi connectivity index (χ1) is 12.1. The fraction of sp³-hybridized carbons (Fsp3) is 0.368. The number of methoxy groups -OCH3 is 1. The Morgan fingerprint density at radius 1 is 1.32 bits per heavy atom. The summed E-state index contributed by atoms with van der Waals surface area (Å²) in [6, 6.07) is 11.2. The lowest BCUT2D eigenvalue weighted by Gasteiger charge is -2.40. The lowest BCUT2D eigenvalue weighted by molar-refractivity contribution is 0.180. The normalized spacial score (nSPS) is 18.0. The van der Waals surface area contributed by atoms with Gasteiger partial charge in [-0.05, 0) is 36.8 Å². The molecule has 130 valence electrons. The zero-order chi connectivity index (χ0) is 17.8. The molecular formula is C19H21FN4O. The number of nitrogens with zero attached hydrogens (tertiary/aromatic N) is 4. The zero-order valence-corrected chi connectivity index (χ0v) is 14.4. The predicted octanol–water partition coefficient (Wildman–Crippen LogP) is 2.81. The molecule has 1 aliphatic rings. The molecule has 1 unspecified atom stereocenters. The molecule has 0 spiro atoms. The van der Waals surface area contributed by atoms with Crippen LogP contribution in [0.15, 0.2) is 36.5 Å². The van der Waals surface area contributed by atoms with E-state index in [-0.39, 0.29) is 11.6 Å². The topological polar surface area (TPSA) is 52.4 Å². The zero-order valence-electron chi connectivity index (χ0n) is 14.4. The molecule has 1 fully saturated rings. The van der Waals surface area contributed by atoms with E-state index in [1.54, 1.807) is 24.4 Å². The van der Waals surface area contributed by atoms with Crippen LogP contribution in [0.5, 0.6) is 5.75 Å². The fourth-order valence-electron chi connectivity index (χ4n) is 3.12. The molecule has 0 aliphatic carbocycles. The molecule has 0 amide bonds. The van der Waals surface area contributed by atoms with E-state index in [2.05, 4.69) is 27.8 Å². The molecule has 3 rings (SSSR count). The highest BCUT2D eigenvalue weighted by molar-refractivity contribution is 5.42. The van der Waals surface area contributed by atoms with Crippen molar-refractivity contribution in [1.82, 2.24) is 9.88 Å². The molecule has 0 radical (unpaired) electrons. The lowest BCUT2D eigenvalue weighted by atomic mass is 10.1. The van der Waals surface area contributed by atoms with E-state index in [1.807, 2.05) is 12.1 Å². The first-order valence-electron chi connectivity index (χ1n) is 8.28. The maximum absolute atomic E-state index is 13.9. The van der Waals surface area contributed by atoms with Gasteiger partial charge in [0.2, 0.25) is 0 Å². The van der Waals surface area contributed by atoms with Crippen molar-refractivity contribution in [2.75, 3.05) is 31.6 Å². The molecule has 1 saturated heterocycles. The molecule has 2 aromatic rings. The predicted molar refractivity (Wildman–Crippen MR) is 94.0 cm³/mol. The highest BCUT2D eigenvalue weighted by Crippen LogP contribution is 2.22. The Hall–Kier alpha value is -2.65. The summed E-state index contributed by atoms with van der Waals surface area (Å²) in [5.74, 6) is 0.836. The number of piperazine rings is 1. The van der Waals surface area contributed by atoms with Crippen LogP contribution in [0.25, 0.3) is 0 Å². The molecule has 1 aromatic carbocycles. The molecular weight excluding hydrogens is 319 g/mol. The smallest absolute Gasteiger partial charge is 0.165 e. The van der Waals surface area contributed by atoms with Crippen molar-refractivity contribution in [3.63, 3.8) is 0 Å². The monoisotopic (exact) mass is 340 g/mol. The van der Waals surface area contributed by atoms with Gasteiger partial charge in [-0.15, -0.1) is 0 Å². The van der Waals surface area contributed by atoms with Crippen molar-refractivity contribution in [2.24, 2.45) is 0 Å². The Labute approximate surface area is 147 Å². The van der Waals surface area contributed by atoms with Crippen molar-refractivity contribution < 1.29 is 9.13 Å². The average molecular weight is 340 g/mol. The quantitative estimate of drug-likeness (QED) is 0.857. The Morgan fingerprint density at radius 2 is 2.16 bits per heavy atom. The van der Waals surface area contributed by atoms with Gasteiger partial charge >= 0.3 is 0 Å². The summed E-state index contributed by atoms with van der Waals surface area (Å²) in [6.45, 7) is 5.43.